The van der Waals surface area contributed by atoms with Crippen LogP contribution in [0.3, 0.4) is 0 Å². The van der Waals surface area contributed by atoms with E-state index >= 15 is 0 Å². The molecule has 0 aliphatic carbocycles. The Morgan fingerprint density at radius 1 is 1.19 bits per heavy atom. The second-order valence-corrected chi connectivity index (χ2v) is 6.96. The number of ether oxygens (including phenoxy) is 1. The summed E-state index contributed by atoms with van der Waals surface area (Å²) in [6.45, 7) is 0.559. The molecular formula is C19H20N2O5S. The molecule has 2 aromatic heterocycles. The first kappa shape index (κ1) is 18.9. The molecule has 3 aromatic rings. The third-order valence-corrected chi connectivity index (χ3v) is 4.91. The van der Waals surface area contributed by atoms with Crippen LogP contribution in [-0.4, -0.2) is 29.6 Å². The van der Waals surface area contributed by atoms with Crippen LogP contribution in [0.2, 0.25) is 0 Å². The molecule has 0 fully saturated rings. The third-order valence-electron chi connectivity index (χ3n) is 3.97. The van der Waals surface area contributed by atoms with Crippen molar-refractivity contribution < 1.29 is 18.7 Å². The predicted molar refractivity (Wildman–Crippen MR) is 102 cm³/mol. The van der Waals surface area contributed by atoms with Gasteiger partial charge in [-0.2, -0.15) is 0 Å². The van der Waals surface area contributed by atoms with Crippen molar-refractivity contribution in [3.05, 3.63) is 57.2 Å². The minimum Gasteiger partial charge on any atom is -0.456 e. The molecule has 3 rings (SSSR count). The highest BCUT2D eigenvalue weighted by molar-refractivity contribution is 7.09. The number of fused-ring (bicyclic) bond motifs is 1. The van der Waals surface area contributed by atoms with Gasteiger partial charge in [0.05, 0.1) is 5.52 Å². The highest BCUT2D eigenvalue weighted by Crippen LogP contribution is 2.12. The van der Waals surface area contributed by atoms with Crippen LogP contribution in [0.5, 0.6) is 0 Å². The summed E-state index contributed by atoms with van der Waals surface area (Å²) in [6.07, 6.45) is 1.29. The molecule has 0 spiro atoms. The van der Waals surface area contributed by atoms with Gasteiger partial charge >= 0.3 is 11.7 Å². The van der Waals surface area contributed by atoms with Gasteiger partial charge in [0.1, 0.15) is 0 Å². The molecule has 1 N–H and O–H groups in total. The fourth-order valence-corrected chi connectivity index (χ4v) is 3.37. The molecule has 0 unspecified atom stereocenters. The van der Waals surface area contributed by atoms with E-state index in [-0.39, 0.29) is 18.9 Å². The van der Waals surface area contributed by atoms with Crippen molar-refractivity contribution in [3.8, 4) is 0 Å². The van der Waals surface area contributed by atoms with Crippen molar-refractivity contribution in [1.29, 1.82) is 0 Å². The topological polar surface area (TPSA) is 90.5 Å². The van der Waals surface area contributed by atoms with Gasteiger partial charge in [-0.3, -0.25) is 14.2 Å². The van der Waals surface area contributed by atoms with Gasteiger partial charge in [0.25, 0.3) is 5.91 Å². The SMILES string of the molecule is O=C(COC(=O)CCCn1c(=O)oc2ccccc21)NCCc1cccs1. The smallest absolute Gasteiger partial charge is 0.419 e. The Kier molecular flexibility index (Phi) is 6.43. The van der Waals surface area contributed by atoms with Gasteiger partial charge in [0.2, 0.25) is 0 Å². The molecule has 1 amide bonds. The molecule has 0 bridgehead atoms. The van der Waals surface area contributed by atoms with E-state index in [1.165, 1.54) is 9.44 Å². The third kappa shape index (κ3) is 5.30. The lowest BCUT2D eigenvalue weighted by Gasteiger charge is -2.06. The van der Waals surface area contributed by atoms with Crippen molar-refractivity contribution in [2.45, 2.75) is 25.8 Å². The van der Waals surface area contributed by atoms with E-state index in [9.17, 15) is 14.4 Å². The first-order valence-electron chi connectivity index (χ1n) is 8.66. The van der Waals surface area contributed by atoms with Crippen molar-refractivity contribution >= 4 is 34.3 Å². The second-order valence-electron chi connectivity index (χ2n) is 5.93. The summed E-state index contributed by atoms with van der Waals surface area (Å²) >= 11 is 1.63. The minimum atomic E-state index is -0.468. The molecular weight excluding hydrogens is 368 g/mol. The lowest BCUT2D eigenvalue weighted by molar-refractivity contribution is -0.148. The van der Waals surface area contributed by atoms with Gasteiger partial charge in [0.15, 0.2) is 12.2 Å². The van der Waals surface area contributed by atoms with Crippen LogP contribution in [0.1, 0.15) is 17.7 Å². The first-order chi connectivity index (χ1) is 13.1. The average molecular weight is 388 g/mol. The average Bonchev–Trinajstić information content (AvgIpc) is 3.28. The van der Waals surface area contributed by atoms with E-state index in [2.05, 4.69) is 5.32 Å². The maximum absolute atomic E-state index is 11.8. The number of aromatic nitrogens is 1. The number of nitrogens with zero attached hydrogens (tertiary/aromatic N) is 1. The standard InChI is InChI=1S/C19H20N2O5S/c22-17(20-10-9-14-5-4-12-27-14)13-25-18(23)8-3-11-21-15-6-1-2-7-16(15)26-19(21)24/h1-2,4-7,12H,3,8-11,13H2,(H,20,22). The first-order valence-corrected chi connectivity index (χ1v) is 9.54. The maximum Gasteiger partial charge on any atom is 0.419 e. The summed E-state index contributed by atoms with van der Waals surface area (Å²) in [5.74, 6) is -1.24. The molecule has 1 aromatic carbocycles. The van der Waals surface area contributed by atoms with Crippen LogP contribution < -0.4 is 11.1 Å². The molecule has 7 nitrogen and oxygen atoms in total. The highest BCUT2D eigenvalue weighted by atomic mass is 32.1. The molecule has 142 valence electrons. The van der Waals surface area contributed by atoms with Gasteiger partial charge in [0, 0.05) is 24.4 Å². The van der Waals surface area contributed by atoms with Gasteiger partial charge in [-0.05, 0) is 36.4 Å². The lowest BCUT2D eigenvalue weighted by Crippen LogP contribution is -2.30. The number of benzene rings is 1. The largest absolute Gasteiger partial charge is 0.456 e. The molecule has 0 aliphatic rings. The summed E-state index contributed by atoms with van der Waals surface area (Å²) in [4.78, 5) is 36.5. The van der Waals surface area contributed by atoms with Crippen molar-refractivity contribution in [2.24, 2.45) is 0 Å². The summed E-state index contributed by atoms with van der Waals surface area (Å²) in [7, 11) is 0. The van der Waals surface area contributed by atoms with E-state index in [0.717, 1.165) is 6.42 Å². The fraction of sp³-hybridized carbons (Fsp3) is 0.316. The number of rotatable bonds is 9. The van der Waals surface area contributed by atoms with Gasteiger partial charge in [-0.15, -0.1) is 11.3 Å². The number of para-hydroxylation sites is 2. The monoisotopic (exact) mass is 388 g/mol. The Balaban J connectivity index is 1.35. The predicted octanol–water partition coefficient (Wildman–Crippen LogP) is 2.34. The van der Waals surface area contributed by atoms with E-state index in [1.54, 1.807) is 29.5 Å². The number of hydrogen-bond donors (Lipinski definition) is 1. The van der Waals surface area contributed by atoms with Gasteiger partial charge in [-0.25, -0.2) is 4.79 Å². The summed E-state index contributed by atoms with van der Waals surface area (Å²) in [6, 6.07) is 11.1. The zero-order valence-electron chi connectivity index (χ0n) is 14.7. The summed E-state index contributed by atoms with van der Waals surface area (Å²) in [5.41, 5.74) is 1.21. The van der Waals surface area contributed by atoms with Crippen LogP contribution in [-0.2, 0) is 27.3 Å². The molecule has 8 heteroatoms. The molecule has 0 atom stereocenters. The number of thiophene rings is 1. The van der Waals surface area contributed by atoms with E-state index in [0.29, 0.717) is 30.6 Å². The number of carbonyl (C=O) groups is 2. The molecule has 2 heterocycles. The van der Waals surface area contributed by atoms with E-state index in [4.69, 9.17) is 9.15 Å². The second kappa shape index (κ2) is 9.18. The number of hydrogen-bond acceptors (Lipinski definition) is 6. The number of oxazole rings is 1. The van der Waals surface area contributed by atoms with Crippen LogP contribution >= 0.6 is 11.3 Å². The zero-order chi connectivity index (χ0) is 19.1. The molecule has 0 radical (unpaired) electrons. The van der Waals surface area contributed by atoms with Gasteiger partial charge in [-0.1, -0.05) is 18.2 Å². The van der Waals surface area contributed by atoms with Crippen LogP contribution in [0.15, 0.2) is 51.0 Å². The van der Waals surface area contributed by atoms with Crippen LogP contribution in [0.4, 0.5) is 0 Å². The fourth-order valence-electron chi connectivity index (χ4n) is 2.66. The van der Waals surface area contributed by atoms with Crippen LogP contribution in [0, 0.1) is 0 Å². The number of esters is 1. The number of nitrogens with one attached hydrogen (secondary N) is 1. The van der Waals surface area contributed by atoms with Crippen molar-refractivity contribution in [2.75, 3.05) is 13.2 Å². The Labute approximate surface area is 159 Å². The molecule has 0 aliphatic heterocycles. The highest BCUT2D eigenvalue weighted by Gasteiger charge is 2.11. The van der Waals surface area contributed by atoms with E-state index in [1.807, 2.05) is 23.6 Å². The lowest BCUT2D eigenvalue weighted by atomic mass is 10.3. The normalized spacial score (nSPS) is 10.8. The molecule has 0 saturated carbocycles. The molecule has 27 heavy (non-hydrogen) atoms. The number of aryl methyl sites for hydroxylation is 1. The van der Waals surface area contributed by atoms with Gasteiger partial charge < -0.3 is 14.5 Å². The Morgan fingerprint density at radius 3 is 2.85 bits per heavy atom. The summed E-state index contributed by atoms with van der Waals surface area (Å²) < 4.78 is 11.6. The Morgan fingerprint density at radius 2 is 2.04 bits per heavy atom. The zero-order valence-corrected chi connectivity index (χ0v) is 15.5. The Hall–Kier alpha value is -2.87. The molecule has 0 saturated heterocycles. The number of amides is 1. The quantitative estimate of drug-likeness (QED) is 0.568. The van der Waals surface area contributed by atoms with Crippen molar-refractivity contribution in [3.63, 3.8) is 0 Å². The van der Waals surface area contributed by atoms with Crippen molar-refractivity contribution in [1.82, 2.24) is 9.88 Å². The maximum atomic E-state index is 11.8. The number of carbonyl (C=O) groups excluding carboxylic acids is 2. The minimum absolute atomic E-state index is 0.119. The van der Waals surface area contributed by atoms with Crippen LogP contribution in [0.25, 0.3) is 11.1 Å². The Bertz CT molecular complexity index is 958. The summed E-state index contributed by atoms with van der Waals surface area (Å²) in [5, 5.41) is 4.70. The van der Waals surface area contributed by atoms with E-state index < -0.39 is 11.7 Å².